The average Bonchev–Trinajstić information content (AvgIpc) is 3.14. The molecule has 0 saturated carbocycles. The van der Waals surface area contributed by atoms with E-state index in [1.165, 1.54) is 0 Å². The van der Waals surface area contributed by atoms with Crippen LogP contribution < -0.4 is 15.5 Å². The lowest BCUT2D eigenvalue weighted by atomic mass is 10.2. The molecule has 3 heterocycles. The van der Waals surface area contributed by atoms with Gasteiger partial charge in [-0.15, -0.1) is 0 Å². The number of anilines is 1. The van der Waals surface area contributed by atoms with Gasteiger partial charge in [0, 0.05) is 45.3 Å². The molecule has 0 aliphatic carbocycles. The first-order valence-corrected chi connectivity index (χ1v) is 10.1. The molecule has 0 radical (unpaired) electrons. The summed E-state index contributed by atoms with van der Waals surface area (Å²) in [5.74, 6) is 0.399. The van der Waals surface area contributed by atoms with Gasteiger partial charge in [0.05, 0.1) is 0 Å². The van der Waals surface area contributed by atoms with Crippen molar-refractivity contribution in [3.05, 3.63) is 23.9 Å². The summed E-state index contributed by atoms with van der Waals surface area (Å²) < 4.78 is 0. The first-order chi connectivity index (χ1) is 13.8. The van der Waals surface area contributed by atoms with E-state index >= 15 is 0 Å². The van der Waals surface area contributed by atoms with Gasteiger partial charge >= 0.3 is 0 Å². The highest BCUT2D eigenvalue weighted by atomic mass is 16.2. The largest absolute Gasteiger partial charge is 0.353 e. The maximum absolute atomic E-state index is 12.7. The topological polar surface area (TPSA) is 97.9 Å². The van der Waals surface area contributed by atoms with Gasteiger partial charge in [-0.25, -0.2) is 4.98 Å². The molecule has 2 aliphatic heterocycles. The number of nitrogens with one attached hydrogen (secondary N) is 2. The molecule has 3 amide bonds. The van der Waals surface area contributed by atoms with Crippen molar-refractivity contribution in [3.63, 3.8) is 0 Å². The van der Waals surface area contributed by atoms with Crippen LogP contribution in [0.25, 0.3) is 0 Å². The van der Waals surface area contributed by atoms with Gasteiger partial charge in [0.15, 0.2) is 0 Å². The number of amides is 3. The fourth-order valence-electron chi connectivity index (χ4n) is 3.68. The maximum Gasteiger partial charge on any atom is 0.244 e. The maximum atomic E-state index is 12.7. The Labute approximate surface area is 171 Å². The van der Waals surface area contributed by atoms with E-state index in [0.29, 0.717) is 39.0 Å². The normalized spacial score (nSPS) is 20.6. The fourth-order valence-corrected chi connectivity index (χ4v) is 3.68. The molecular weight excluding hydrogens is 372 g/mol. The molecule has 3 rings (SSSR count). The summed E-state index contributed by atoms with van der Waals surface area (Å²) in [6.07, 6.45) is 2.73. The Hall–Kier alpha value is -2.68. The number of pyridine rings is 1. The second kappa shape index (κ2) is 9.21. The van der Waals surface area contributed by atoms with Gasteiger partial charge < -0.3 is 25.3 Å². The molecule has 2 fully saturated rings. The molecule has 1 aromatic heterocycles. The van der Waals surface area contributed by atoms with E-state index in [-0.39, 0.29) is 17.7 Å². The number of aromatic nitrogens is 1. The van der Waals surface area contributed by atoms with Crippen molar-refractivity contribution in [2.24, 2.45) is 0 Å². The number of hydrogen-bond acceptors (Lipinski definition) is 6. The van der Waals surface area contributed by atoms with Crippen LogP contribution in [-0.2, 0) is 20.9 Å². The van der Waals surface area contributed by atoms with E-state index in [1.807, 2.05) is 26.4 Å². The lowest BCUT2D eigenvalue weighted by Gasteiger charge is -2.36. The van der Waals surface area contributed by atoms with Crippen molar-refractivity contribution >= 4 is 23.5 Å². The molecule has 29 heavy (non-hydrogen) atoms. The van der Waals surface area contributed by atoms with Crippen LogP contribution in [0.1, 0.15) is 25.3 Å². The van der Waals surface area contributed by atoms with Crippen LogP contribution >= 0.6 is 0 Å². The van der Waals surface area contributed by atoms with E-state index in [9.17, 15) is 14.4 Å². The van der Waals surface area contributed by atoms with Crippen LogP contribution in [0.15, 0.2) is 18.3 Å². The molecule has 9 heteroatoms. The van der Waals surface area contributed by atoms with E-state index < -0.39 is 12.1 Å². The molecule has 0 aromatic carbocycles. The van der Waals surface area contributed by atoms with Crippen LogP contribution in [0.3, 0.4) is 0 Å². The number of nitrogens with zero attached hydrogens (tertiary/aromatic N) is 4. The molecule has 2 atom stereocenters. The predicted octanol–water partition coefficient (Wildman–Crippen LogP) is -0.425. The Bertz CT molecular complexity index is 743. The first kappa shape index (κ1) is 21.0. The zero-order valence-electron chi connectivity index (χ0n) is 17.4. The smallest absolute Gasteiger partial charge is 0.244 e. The monoisotopic (exact) mass is 402 g/mol. The van der Waals surface area contributed by atoms with Gasteiger partial charge in [0.2, 0.25) is 17.7 Å². The van der Waals surface area contributed by atoms with Crippen LogP contribution in [-0.4, -0.2) is 84.9 Å². The molecule has 0 bridgehead atoms. The predicted molar refractivity (Wildman–Crippen MR) is 109 cm³/mol. The highest BCUT2D eigenvalue weighted by Gasteiger charge is 2.31. The summed E-state index contributed by atoms with van der Waals surface area (Å²) in [6, 6.07) is 2.96. The number of carbonyl (C=O) groups excluding carboxylic acids is 3. The van der Waals surface area contributed by atoms with Gasteiger partial charge in [-0.2, -0.15) is 0 Å². The fraction of sp³-hybridized carbons (Fsp3) is 0.600. The number of carbonyl (C=O) groups is 3. The van der Waals surface area contributed by atoms with Crippen LogP contribution in [0.4, 0.5) is 5.82 Å². The highest BCUT2D eigenvalue weighted by molar-refractivity contribution is 5.93. The van der Waals surface area contributed by atoms with Gasteiger partial charge in [0.25, 0.3) is 0 Å². The van der Waals surface area contributed by atoms with Crippen LogP contribution in [0.5, 0.6) is 0 Å². The zero-order valence-corrected chi connectivity index (χ0v) is 17.4. The Morgan fingerprint density at radius 1 is 1.28 bits per heavy atom. The second-order valence-corrected chi connectivity index (χ2v) is 7.96. The standard InChI is InChI=1S/C20H30N6O3/c1-14(22-19(28)16-5-7-18(27)23-16)20(29)26-10-8-25(9-11-26)17-6-4-15(12-21-17)13-24(2)3/h4,6,12,14,16H,5,7-11,13H2,1-3H3,(H,22,28)(H,23,27)/t14-,16+/m1/s1. The average molecular weight is 402 g/mol. The molecule has 0 unspecified atom stereocenters. The van der Waals surface area contributed by atoms with E-state index in [2.05, 4.69) is 31.5 Å². The van der Waals surface area contributed by atoms with Gasteiger partial charge in [0.1, 0.15) is 17.9 Å². The van der Waals surface area contributed by atoms with Crippen molar-refractivity contribution in [2.75, 3.05) is 45.2 Å². The number of rotatable bonds is 6. The minimum atomic E-state index is -0.616. The number of hydrogen-bond donors (Lipinski definition) is 2. The quantitative estimate of drug-likeness (QED) is 0.671. The summed E-state index contributed by atoms with van der Waals surface area (Å²) in [7, 11) is 4.05. The third-order valence-electron chi connectivity index (χ3n) is 5.26. The lowest BCUT2D eigenvalue weighted by molar-refractivity contribution is -0.136. The van der Waals surface area contributed by atoms with Crippen molar-refractivity contribution in [3.8, 4) is 0 Å². The first-order valence-electron chi connectivity index (χ1n) is 10.1. The minimum Gasteiger partial charge on any atom is -0.353 e. The van der Waals surface area contributed by atoms with Crippen molar-refractivity contribution in [2.45, 2.75) is 38.4 Å². The molecular formula is C20H30N6O3. The Morgan fingerprint density at radius 3 is 2.55 bits per heavy atom. The van der Waals surface area contributed by atoms with Crippen LogP contribution in [0.2, 0.25) is 0 Å². The SMILES string of the molecule is C[C@@H](NC(=O)[C@@H]1CCC(=O)N1)C(=O)N1CCN(c2ccc(CN(C)C)cn2)CC1. The van der Waals surface area contributed by atoms with E-state index in [0.717, 1.165) is 17.9 Å². The molecule has 2 saturated heterocycles. The molecule has 158 valence electrons. The third kappa shape index (κ3) is 5.44. The molecule has 1 aromatic rings. The van der Waals surface area contributed by atoms with E-state index in [1.54, 1.807) is 11.8 Å². The van der Waals surface area contributed by atoms with Crippen molar-refractivity contribution < 1.29 is 14.4 Å². The molecule has 2 aliphatic rings. The summed E-state index contributed by atoms with van der Waals surface area (Å²) in [5, 5.41) is 5.35. The zero-order chi connectivity index (χ0) is 21.0. The lowest BCUT2D eigenvalue weighted by Crippen LogP contribution is -2.56. The highest BCUT2D eigenvalue weighted by Crippen LogP contribution is 2.15. The molecule has 0 spiro atoms. The Balaban J connectivity index is 1.47. The van der Waals surface area contributed by atoms with Gasteiger partial charge in [-0.3, -0.25) is 14.4 Å². The number of piperazine rings is 1. The second-order valence-electron chi connectivity index (χ2n) is 7.96. The van der Waals surface area contributed by atoms with E-state index in [4.69, 9.17) is 0 Å². The minimum absolute atomic E-state index is 0.100. The van der Waals surface area contributed by atoms with Crippen molar-refractivity contribution in [1.82, 2.24) is 25.4 Å². The summed E-state index contributed by atoms with van der Waals surface area (Å²) >= 11 is 0. The molecule has 9 nitrogen and oxygen atoms in total. The summed E-state index contributed by atoms with van der Waals surface area (Å²) in [6.45, 7) is 5.11. The van der Waals surface area contributed by atoms with Gasteiger partial charge in [-0.05, 0) is 39.1 Å². The summed E-state index contributed by atoms with van der Waals surface area (Å²) in [5.41, 5.74) is 1.16. The van der Waals surface area contributed by atoms with Crippen LogP contribution in [0, 0.1) is 0 Å². The van der Waals surface area contributed by atoms with Gasteiger partial charge in [-0.1, -0.05) is 6.07 Å². The molecule has 2 N–H and O–H groups in total. The summed E-state index contributed by atoms with van der Waals surface area (Å²) in [4.78, 5) is 46.7. The Kier molecular flexibility index (Phi) is 6.68. The van der Waals surface area contributed by atoms with Crippen molar-refractivity contribution in [1.29, 1.82) is 0 Å². The Morgan fingerprint density at radius 2 is 2.00 bits per heavy atom. The third-order valence-corrected chi connectivity index (χ3v) is 5.26.